The molecule has 0 aromatic rings. The molecular formula is C23H30O8. The van der Waals surface area contributed by atoms with Crippen molar-refractivity contribution in [2.45, 2.75) is 50.9 Å². The molecule has 0 saturated carbocycles. The molecule has 2 bridgehead atoms. The monoisotopic (exact) mass is 434 g/mol. The summed E-state index contributed by atoms with van der Waals surface area (Å²) in [7, 11) is 3.90. The number of ketones is 1. The van der Waals surface area contributed by atoms with Gasteiger partial charge in [0.05, 0.1) is 19.8 Å². The van der Waals surface area contributed by atoms with E-state index in [1.54, 1.807) is 6.08 Å². The first kappa shape index (κ1) is 24.6. The van der Waals surface area contributed by atoms with Crippen molar-refractivity contribution in [2.24, 2.45) is 5.92 Å². The second kappa shape index (κ2) is 9.62. The number of rotatable bonds is 4. The van der Waals surface area contributed by atoms with Crippen molar-refractivity contribution in [3.8, 4) is 0 Å². The number of hydrogen-bond donors (Lipinski definition) is 1. The third-order valence-corrected chi connectivity index (χ3v) is 5.42. The third kappa shape index (κ3) is 5.71. The summed E-state index contributed by atoms with van der Waals surface area (Å²) >= 11 is 0. The summed E-state index contributed by atoms with van der Waals surface area (Å²) in [4.78, 5) is 37.3. The van der Waals surface area contributed by atoms with Crippen LogP contribution in [0.3, 0.4) is 0 Å². The number of esters is 2. The van der Waals surface area contributed by atoms with Crippen molar-refractivity contribution >= 4 is 17.7 Å². The number of allylic oxidation sites excluding steroid dienone is 3. The number of hydrogen-bond acceptors (Lipinski definition) is 8. The van der Waals surface area contributed by atoms with Crippen LogP contribution in [0.15, 0.2) is 47.3 Å². The first-order valence-electron chi connectivity index (χ1n) is 9.91. The van der Waals surface area contributed by atoms with Gasteiger partial charge in [0.1, 0.15) is 17.1 Å². The molecule has 2 unspecified atom stereocenters. The van der Waals surface area contributed by atoms with E-state index in [4.69, 9.17) is 18.9 Å². The predicted molar refractivity (Wildman–Crippen MR) is 112 cm³/mol. The standard InChI is InChI=1S/C23H30O8/c1-14(2)16-8-7-15(20(25)28-4)9-17(24)12-22(3,27)13-18-10-19(21(26)29-5)23(11-16,30-6)31-18/h7,10,13,16,27H,1,8-9,11-12H2,2-6H3/b15-7+,18-13-/t16-,22?,23?/m0/s1. The zero-order chi connectivity index (χ0) is 23.4. The minimum atomic E-state index is -1.59. The summed E-state index contributed by atoms with van der Waals surface area (Å²) in [5.74, 6) is -3.16. The number of Topliss-reactive ketones (excluding diaryl/α,β-unsaturated/α-hetero) is 1. The van der Waals surface area contributed by atoms with Crippen molar-refractivity contribution in [1.29, 1.82) is 0 Å². The fraction of sp³-hybridized carbons (Fsp3) is 0.522. The Bertz CT molecular complexity index is 861. The Hall–Kier alpha value is -2.71. The first-order valence-corrected chi connectivity index (χ1v) is 9.91. The Balaban J connectivity index is 2.63. The molecule has 2 heterocycles. The minimum absolute atomic E-state index is 0.131. The highest BCUT2D eigenvalue weighted by Gasteiger charge is 2.48. The van der Waals surface area contributed by atoms with Gasteiger partial charge in [-0.05, 0) is 38.3 Å². The van der Waals surface area contributed by atoms with Crippen LogP contribution >= 0.6 is 0 Å². The van der Waals surface area contributed by atoms with Crippen LogP contribution in [0.2, 0.25) is 0 Å². The summed E-state index contributed by atoms with van der Waals surface area (Å²) in [6, 6.07) is 0. The van der Waals surface area contributed by atoms with E-state index >= 15 is 0 Å². The molecule has 8 nitrogen and oxygen atoms in total. The average molecular weight is 434 g/mol. The molecule has 0 aliphatic carbocycles. The van der Waals surface area contributed by atoms with E-state index in [0.717, 1.165) is 5.57 Å². The lowest BCUT2D eigenvalue weighted by atomic mass is 9.86. The van der Waals surface area contributed by atoms with Gasteiger partial charge in [-0.1, -0.05) is 18.2 Å². The number of carbonyl (C=O) groups is 3. The quantitative estimate of drug-likeness (QED) is 0.531. The largest absolute Gasteiger partial charge is 0.466 e. The summed E-state index contributed by atoms with van der Waals surface area (Å²) in [6.45, 7) is 7.28. The van der Waals surface area contributed by atoms with Crippen molar-refractivity contribution in [2.75, 3.05) is 21.3 Å². The highest BCUT2D eigenvalue weighted by atomic mass is 16.7. The van der Waals surface area contributed by atoms with Gasteiger partial charge in [-0.2, -0.15) is 0 Å². The lowest BCUT2D eigenvalue weighted by Gasteiger charge is -2.33. The number of aliphatic hydroxyl groups is 1. The topological polar surface area (TPSA) is 108 Å². The van der Waals surface area contributed by atoms with Crippen LogP contribution in [0.5, 0.6) is 0 Å². The van der Waals surface area contributed by atoms with Crippen molar-refractivity contribution in [3.05, 3.63) is 47.3 Å². The van der Waals surface area contributed by atoms with Gasteiger partial charge in [0.25, 0.3) is 0 Å². The number of fused-ring (bicyclic) bond motifs is 2. The second-order valence-electron chi connectivity index (χ2n) is 8.11. The fourth-order valence-corrected chi connectivity index (χ4v) is 3.77. The zero-order valence-electron chi connectivity index (χ0n) is 18.6. The van der Waals surface area contributed by atoms with Gasteiger partial charge in [0, 0.05) is 31.9 Å². The molecule has 0 spiro atoms. The second-order valence-corrected chi connectivity index (χ2v) is 8.11. The van der Waals surface area contributed by atoms with Gasteiger partial charge in [0.2, 0.25) is 5.79 Å². The SMILES string of the molecule is C=C(C)[C@H]1C/C=C(/C(=O)OC)CC(=O)CC(C)(O)/C=C2/C=C(C(=O)OC)C(OC)(C1)O2. The van der Waals surface area contributed by atoms with Crippen molar-refractivity contribution in [1.82, 2.24) is 0 Å². The summed E-state index contributed by atoms with van der Waals surface area (Å²) in [5, 5.41) is 10.8. The normalized spacial score (nSPS) is 32.5. The summed E-state index contributed by atoms with van der Waals surface area (Å²) < 4.78 is 21.4. The Kier molecular flexibility index (Phi) is 7.62. The Morgan fingerprint density at radius 2 is 1.87 bits per heavy atom. The number of ether oxygens (including phenoxy) is 4. The van der Waals surface area contributed by atoms with Gasteiger partial charge in [-0.3, -0.25) is 4.79 Å². The van der Waals surface area contributed by atoms with E-state index in [1.807, 2.05) is 6.92 Å². The van der Waals surface area contributed by atoms with Crippen molar-refractivity contribution < 1.29 is 38.4 Å². The highest BCUT2D eigenvalue weighted by Crippen LogP contribution is 2.42. The molecule has 31 heavy (non-hydrogen) atoms. The molecule has 2 aliphatic rings. The van der Waals surface area contributed by atoms with Crippen LogP contribution in [-0.4, -0.2) is 55.5 Å². The van der Waals surface area contributed by atoms with Crippen LogP contribution in [0, 0.1) is 5.92 Å². The maximum atomic E-state index is 12.6. The van der Waals surface area contributed by atoms with E-state index < -0.39 is 23.3 Å². The molecule has 0 radical (unpaired) electrons. The summed E-state index contributed by atoms with van der Waals surface area (Å²) in [5.41, 5.74) is -0.485. The molecule has 0 saturated heterocycles. The van der Waals surface area contributed by atoms with E-state index in [2.05, 4.69) is 6.58 Å². The maximum absolute atomic E-state index is 12.6. The molecule has 0 fully saturated rings. The Morgan fingerprint density at radius 3 is 2.42 bits per heavy atom. The van der Waals surface area contributed by atoms with Crippen LogP contribution in [0.1, 0.15) is 39.5 Å². The average Bonchev–Trinajstić information content (AvgIpc) is 3.05. The zero-order valence-corrected chi connectivity index (χ0v) is 18.6. The molecule has 1 N–H and O–H groups in total. The van der Waals surface area contributed by atoms with Gasteiger partial charge < -0.3 is 24.1 Å². The highest BCUT2D eigenvalue weighted by molar-refractivity contribution is 5.96. The lowest BCUT2D eigenvalue weighted by Crippen LogP contribution is -2.39. The lowest BCUT2D eigenvalue weighted by molar-refractivity contribution is -0.178. The van der Waals surface area contributed by atoms with Gasteiger partial charge in [-0.15, -0.1) is 0 Å². The van der Waals surface area contributed by atoms with Gasteiger partial charge in [-0.25, -0.2) is 9.59 Å². The van der Waals surface area contributed by atoms with E-state index in [1.165, 1.54) is 40.4 Å². The van der Waals surface area contributed by atoms with Gasteiger partial charge in [0.15, 0.2) is 0 Å². The van der Waals surface area contributed by atoms with Gasteiger partial charge >= 0.3 is 11.9 Å². The van der Waals surface area contributed by atoms with E-state index in [0.29, 0.717) is 6.42 Å². The predicted octanol–water partition coefficient (Wildman–Crippen LogP) is 2.53. The maximum Gasteiger partial charge on any atom is 0.340 e. The van der Waals surface area contributed by atoms with Crippen LogP contribution in [0.25, 0.3) is 0 Å². The Labute approximate surface area is 182 Å². The van der Waals surface area contributed by atoms with E-state index in [9.17, 15) is 19.5 Å². The van der Waals surface area contributed by atoms with Crippen LogP contribution in [0.4, 0.5) is 0 Å². The molecule has 2 rings (SSSR count). The molecule has 0 aromatic heterocycles. The van der Waals surface area contributed by atoms with Crippen molar-refractivity contribution in [3.63, 3.8) is 0 Å². The molecule has 0 amide bonds. The minimum Gasteiger partial charge on any atom is -0.466 e. The molecule has 0 aromatic carbocycles. The number of carbonyl (C=O) groups excluding carboxylic acids is 3. The summed E-state index contributed by atoms with van der Waals surface area (Å²) in [6.07, 6.45) is 4.52. The van der Waals surface area contributed by atoms with Crippen LogP contribution < -0.4 is 0 Å². The fourth-order valence-electron chi connectivity index (χ4n) is 3.77. The number of methoxy groups -OCH3 is 3. The molecule has 8 heteroatoms. The molecule has 2 aliphatic heterocycles. The molecule has 3 atom stereocenters. The Morgan fingerprint density at radius 1 is 1.23 bits per heavy atom. The molecular weight excluding hydrogens is 404 g/mol. The first-order chi connectivity index (χ1) is 14.5. The smallest absolute Gasteiger partial charge is 0.340 e. The third-order valence-electron chi connectivity index (χ3n) is 5.42. The van der Waals surface area contributed by atoms with Crippen LogP contribution in [-0.2, 0) is 33.3 Å². The van der Waals surface area contributed by atoms with E-state index in [-0.39, 0.29) is 47.9 Å². The molecule has 170 valence electrons.